The number of methoxy groups -OCH3 is 1. The number of phosphoric ester groups is 1. The van der Waals surface area contributed by atoms with Crippen molar-refractivity contribution in [3.8, 4) is 5.75 Å². The number of benzene rings is 1. The van der Waals surface area contributed by atoms with E-state index in [1.807, 2.05) is 27.7 Å². The van der Waals surface area contributed by atoms with Crippen LogP contribution in [0.4, 0.5) is 0 Å². The standard InChI is InChI=1S/C30H50NO6PS/c1-3-4-5-6-7-8-9-10-11-12-13-14-15-16-21-35-25-30(34-2)26-36-38(32,33)37-29-19-17-18-28(23-29)24-31-20-22-39-27-31/h17-20,22-23,27,30H,3-16,21,24-26H2,1-2H3/p+1. The minimum Gasteiger partial charge on any atom is -0.404 e. The summed E-state index contributed by atoms with van der Waals surface area (Å²) in [6, 6.07) is 7.11. The highest BCUT2D eigenvalue weighted by Gasteiger charge is 2.25. The topological polar surface area (TPSA) is 78.1 Å². The van der Waals surface area contributed by atoms with Gasteiger partial charge in [-0.15, -0.1) is 0 Å². The van der Waals surface area contributed by atoms with Gasteiger partial charge >= 0.3 is 7.82 Å². The average molecular weight is 585 g/mol. The lowest BCUT2D eigenvalue weighted by atomic mass is 10.0. The molecule has 0 aliphatic carbocycles. The van der Waals surface area contributed by atoms with Crippen LogP contribution in [0.2, 0.25) is 0 Å². The van der Waals surface area contributed by atoms with Gasteiger partial charge in [0.15, 0.2) is 12.7 Å². The molecule has 2 unspecified atom stereocenters. The van der Waals surface area contributed by atoms with Gasteiger partial charge in [-0.2, -0.15) is 4.57 Å². The first kappa shape index (κ1) is 33.9. The van der Waals surface area contributed by atoms with Crippen molar-refractivity contribution in [2.24, 2.45) is 0 Å². The molecule has 2 rings (SSSR count). The Kier molecular flexibility index (Phi) is 18.7. The van der Waals surface area contributed by atoms with Crippen LogP contribution in [-0.2, 0) is 25.1 Å². The second-order valence-corrected chi connectivity index (χ2v) is 12.4. The van der Waals surface area contributed by atoms with Gasteiger partial charge in [0.25, 0.3) is 0 Å². The molecule has 0 amide bonds. The summed E-state index contributed by atoms with van der Waals surface area (Å²) in [6.07, 6.45) is 20.1. The fourth-order valence-electron chi connectivity index (χ4n) is 4.40. The van der Waals surface area contributed by atoms with Crippen molar-refractivity contribution < 1.29 is 32.5 Å². The van der Waals surface area contributed by atoms with Crippen molar-refractivity contribution in [3.05, 3.63) is 46.9 Å². The van der Waals surface area contributed by atoms with Crippen LogP contribution < -0.4 is 9.09 Å². The van der Waals surface area contributed by atoms with E-state index in [2.05, 4.69) is 6.92 Å². The average Bonchev–Trinajstić information content (AvgIpc) is 3.43. The van der Waals surface area contributed by atoms with Crippen molar-refractivity contribution in [1.29, 1.82) is 0 Å². The third-order valence-electron chi connectivity index (χ3n) is 6.71. The van der Waals surface area contributed by atoms with Crippen molar-refractivity contribution in [1.82, 2.24) is 0 Å². The van der Waals surface area contributed by atoms with Crippen molar-refractivity contribution >= 4 is 19.2 Å². The fourth-order valence-corrected chi connectivity index (χ4v) is 5.78. The summed E-state index contributed by atoms with van der Waals surface area (Å²) >= 11 is 1.61. The molecule has 9 heteroatoms. The molecule has 7 nitrogen and oxygen atoms in total. The molecule has 0 radical (unpaired) electrons. The van der Waals surface area contributed by atoms with E-state index < -0.39 is 13.9 Å². The molecule has 0 aliphatic heterocycles. The van der Waals surface area contributed by atoms with E-state index in [1.54, 1.807) is 36.6 Å². The molecule has 1 aromatic heterocycles. The first-order valence-corrected chi connectivity index (χ1v) is 17.2. The molecule has 0 saturated carbocycles. The Bertz CT molecular complexity index is 897. The maximum Gasteiger partial charge on any atom is 0.527 e. The highest BCUT2D eigenvalue weighted by Crippen LogP contribution is 2.44. The van der Waals surface area contributed by atoms with Crippen LogP contribution >= 0.6 is 19.2 Å². The van der Waals surface area contributed by atoms with Crippen LogP contribution in [0.25, 0.3) is 0 Å². The van der Waals surface area contributed by atoms with Crippen LogP contribution in [0, 0.1) is 0 Å². The molecule has 1 N–H and O–H groups in total. The zero-order chi connectivity index (χ0) is 28.0. The van der Waals surface area contributed by atoms with Gasteiger partial charge in [-0.1, -0.05) is 114 Å². The number of hydrogen-bond donors (Lipinski definition) is 1. The Morgan fingerprint density at radius 1 is 0.923 bits per heavy atom. The molecule has 1 heterocycles. The third-order valence-corrected chi connectivity index (χ3v) is 8.30. The first-order valence-electron chi connectivity index (χ1n) is 14.8. The monoisotopic (exact) mass is 584 g/mol. The predicted molar refractivity (Wildman–Crippen MR) is 158 cm³/mol. The van der Waals surface area contributed by atoms with E-state index in [9.17, 15) is 9.46 Å². The van der Waals surface area contributed by atoms with Crippen molar-refractivity contribution in [2.75, 3.05) is 26.9 Å². The van der Waals surface area contributed by atoms with Gasteiger partial charge in [-0.25, -0.2) is 4.57 Å². The Balaban J connectivity index is 1.48. The second-order valence-electron chi connectivity index (χ2n) is 10.2. The molecular weight excluding hydrogens is 533 g/mol. The molecule has 1 aromatic carbocycles. The van der Waals surface area contributed by atoms with Gasteiger partial charge in [-0.05, 0) is 18.6 Å². The van der Waals surface area contributed by atoms with Crippen molar-refractivity contribution in [3.63, 3.8) is 0 Å². The lowest BCUT2D eigenvalue weighted by Crippen LogP contribution is -2.30. The summed E-state index contributed by atoms with van der Waals surface area (Å²) in [5.41, 5.74) is 2.96. The largest absolute Gasteiger partial charge is 0.527 e. The maximum atomic E-state index is 12.5. The van der Waals surface area contributed by atoms with E-state index >= 15 is 0 Å². The molecule has 2 aromatic rings. The number of ether oxygens (including phenoxy) is 2. The van der Waals surface area contributed by atoms with Gasteiger partial charge in [0, 0.05) is 19.3 Å². The number of phosphoric acid groups is 1. The minimum atomic E-state index is -4.29. The molecule has 0 saturated heterocycles. The molecule has 0 bridgehead atoms. The van der Waals surface area contributed by atoms with E-state index in [0.717, 1.165) is 18.4 Å². The van der Waals surface area contributed by atoms with Gasteiger partial charge in [0.1, 0.15) is 11.9 Å². The molecular formula is C30H51NO6PS+. The zero-order valence-corrected chi connectivity index (χ0v) is 25.8. The van der Waals surface area contributed by atoms with E-state index in [4.69, 9.17) is 18.5 Å². The fraction of sp³-hybridized carbons (Fsp3) is 0.700. The summed E-state index contributed by atoms with van der Waals surface area (Å²) in [6.45, 7) is 3.79. The number of hydrogen-bond acceptors (Lipinski definition) is 6. The molecule has 0 spiro atoms. The lowest BCUT2D eigenvalue weighted by Gasteiger charge is -2.18. The molecule has 0 fully saturated rings. The Labute approximate surface area is 240 Å². The SMILES string of the molecule is CCCCCCCCCCCCCCCCOCC(COP(=O)(O)Oc1cccc(C[n+]2ccsc2)c1)OC. The summed E-state index contributed by atoms with van der Waals surface area (Å²) in [7, 11) is -2.75. The minimum absolute atomic E-state index is 0.0898. The normalized spacial score (nSPS) is 13.8. The van der Waals surface area contributed by atoms with Gasteiger partial charge in [0.2, 0.25) is 5.51 Å². The van der Waals surface area contributed by atoms with Crippen LogP contribution in [0.1, 0.15) is 102 Å². The van der Waals surface area contributed by atoms with Gasteiger partial charge in [-0.3, -0.25) is 9.42 Å². The van der Waals surface area contributed by atoms with Crippen LogP contribution in [0.3, 0.4) is 0 Å². The molecule has 222 valence electrons. The number of unbranched alkanes of at least 4 members (excludes halogenated alkanes) is 13. The van der Waals surface area contributed by atoms with E-state index in [0.29, 0.717) is 19.8 Å². The molecule has 2 atom stereocenters. The third kappa shape index (κ3) is 17.2. The van der Waals surface area contributed by atoms with E-state index in [-0.39, 0.29) is 12.4 Å². The molecule has 39 heavy (non-hydrogen) atoms. The number of rotatable bonds is 25. The summed E-state index contributed by atoms with van der Waals surface area (Å²) < 4.78 is 36.0. The highest BCUT2D eigenvalue weighted by molar-refractivity contribution is 7.47. The summed E-state index contributed by atoms with van der Waals surface area (Å²) in [4.78, 5) is 10.2. The Morgan fingerprint density at radius 3 is 2.15 bits per heavy atom. The maximum absolute atomic E-state index is 12.5. The van der Waals surface area contributed by atoms with Gasteiger partial charge in [0.05, 0.1) is 18.6 Å². The van der Waals surface area contributed by atoms with Crippen LogP contribution in [0.5, 0.6) is 5.75 Å². The number of thiazole rings is 1. The summed E-state index contributed by atoms with van der Waals surface area (Å²) in [5.74, 6) is 0.289. The quantitative estimate of drug-likeness (QED) is 0.0722. The first-order chi connectivity index (χ1) is 19.0. The number of aromatic nitrogens is 1. The molecule has 0 aliphatic rings. The Hall–Kier alpha value is -1.28. The highest BCUT2D eigenvalue weighted by atomic mass is 32.1. The summed E-state index contributed by atoms with van der Waals surface area (Å²) in [5, 5.41) is 1.99. The van der Waals surface area contributed by atoms with Crippen molar-refractivity contribution in [2.45, 2.75) is 109 Å². The second kappa shape index (κ2) is 21.5. The van der Waals surface area contributed by atoms with Gasteiger partial charge < -0.3 is 14.0 Å². The van der Waals surface area contributed by atoms with Crippen LogP contribution in [-0.4, -0.2) is 37.9 Å². The smallest absolute Gasteiger partial charge is 0.404 e. The zero-order valence-electron chi connectivity index (χ0n) is 24.1. The lowest BCUT2D eigenvalue weighted by molar-refractivity contribution is -0.683. The Morgan fingerprint density at radius 2 is 1.56 bits per heavy atom. The number of nitrogens with zero attached hydrogens (tertiary/aromatic N) is 1. The van der Waals surface area contributed by atoms with Crippen LogP contribution in [0.15, 0.2) is 41.4 Å². The van der Waals surface area contributed by atoms with E-state index in [1.165, 1.54) is 77.0 Å². The predicted octanol–water partition coefficient (Wildman–Crippen LogP) is 8.09.